The summed E-state index contributed by atoms with van der Waals surface area (Å²) in [4.78, 5) is 0. The summed E-state index contributed by atoms with van der Waals surface area (Å²) in [6.07, 6.45) is 1.68. The zero-order chi connectivity index (χ0) is 14.3. The maximum absolute atomic E-state index is 5.81. The molecular weight excluding hydrogens is 262 g/mol. The van der Waals surface area contributed by atoms with E-state index < -0.39 is 0 Å². The molecule has 2 aromatic carbocycles. The molecule has 3 nitrogen and oxygen atoms in total. The molecule has 3 heteroatoms. The number of nitrogens with one attached hydrogen (secondary N) is 1. The molecule has 0 bridgehead atoms. The smallest absolute Gasteiger partial charge is 0.122 e. The van der Waals surface area contributed by atoms with Gasteiger partial charge in [-0.05, 0) is 29.8 Å². The van der Waals surface area contributed by atoms with Gasteiger partial charge in [-0.15, -0.1) is 0 Å². The molecule has 3 rings (SSSR count). The van der Waals surface area contributed by atoms with Crippen molar-refractivity contribution in [3.8, 4) is 5.75 Å². The van der Waals surface area contributed by atoms with Gasteiger partial charge < -0.3 is 14.5 Å². The third-order valence-electron chi connectivity index (χ3n) is 3.13. The van der Waals surface area contributed by atoms with Gasteiger partial charge in [-0.25, -0.2) is 0 Å². The summed E-state index contributed by atoms with van der Waals surface area (Å²) >= 11 is 0. The zero-order valence-electron chi connectivity index (χ0n) is 11.7. The molecule has 0 saturated heterocycles. The molecule has 0 spiro atoms. The molecule has 0 aliphatic carbocycles. The first kappa shape index (κ1) is 13.3. The van der Waals surface area contributed by atoms with Gasteiger partial charge in [-0.1, -0.05) is 36.4 Å². The summed E-state index contributed by atoms with van der Waals surface area (Å²) in [6, 6.07) is 21.9. The van der Waals surface area contributed by atoms with Gasteiger partial charge in [0, 0.05) is 11.8 Å². The van der Waals surface area contributed by atoms with Crippen LogP contribution in [0.2, 0.25) is 0 Å². The van der Waals surface area contributed by atoms with Gasteiger partial charge in [0.05, 0.1) is 12.8 Å². The molecule has 106 valence electrons. The standard InChI is InChI=1S/C18H17NO2/c1-2-6-15(7-3-1)14-21-17-9-4-8-16(12-17)19-13-18-10-5-11-20-18/h1-12,19H,13-14H2. The molecule has 3 aromatic rings. The Morgan fingerprint density at radius 2 is 1.81 bits per heavy atom. The summed E-state index contributed by atoms with van der Waals surface area (Å²) in [5, 5.41) is 3.31. The van der Waals surface area contributed by atoms with Crippen LogP contribution in [0.1, 0.15) is 11.3 Å². The Morgan fingerprint density at radius 3 is 2.62 bits per heavy atom. The van der Waals surface area contributed by atoms with Crippen molar-refractivity contribution in [3.63, 3.8) is 0 Å². The topological polar surface area (TPSA) is 34.4 Å². The van der Waals surface area contributed by atoms with Crippen molar-refractivity contribution in [2.45, 2.75) is 13.2 Å². The summed E-state index contributed by atoms with van der Waals surface area (Å²) < 4.78 is 11.1. The van der Waals surface area contributed by atoms with Crippen molar-refractivity contribution in [1.29, 1.82) is 0 Å². The van der Waals surface area contributed by atoms with E-state index in [1.165, 1.54) is 0 Å². The van der Waals surface area contributed by atoms with Gasteiger partial charge in [0.25, 0.3) is 0 Å². The van der Waals surface area contributed by atoms with E-state index in [2.05, 4.69) is 17.4 Å². The molecule has 0 unspecified atom stereocenters. The molecule has 0 aliphatic heterocycles. The highest BCUT2D eigenvalue weighted by Gasteiger charge is 1.99. The van der Waals surface area contributed by atoms with E-state index in [4.69, 9.17) is 9.15 Å². The minimum absolute atomic E-state index is 0.572. The lowest BCUT2D eigenvalue weighted by Gasteiger charge is -2.09. The fourth-order valence-electron chi connectivity index (χ4n) is 2.04. The molecule has 1 aromatic heterocycles. The van der Waals surface area contributed by atoms with Crippen LogP contribution in [0.4, 0.5) is 5.69 Å². The lowest BCUT2D eigenvalue weighted by atomic mass is 10.2. The molecule has 0 saturated carbocycles. The number of anilines is 1. The molecule has 0 fully saturated rings. The number of hydrogen-bond acceptors (Lipinski definition) is 3. The third kappa shape index (κ3) is 3.89. The normalized spacial score (nSPS) is 10.3. The summed E-state index contributed by atoms with van der Waals surface area (Å²) in [5.74, 6) is 1.76. The summed E-state index contributed by atoms with van der Waals surface area (Å²) in [6.45, 7) is 1.23. The quantitative estimate of drug-likeness (QED) is 0.723. The number of rotatable bonds is 6. The minimum Gasteiger partial charge on any atom is -0.489 e. The minimum atomic E-state index is 0.572. The molecule has 21 heavy (non-hydrogen) atoms. The Kier molecular flexibility index (Phi) is 4.22. The van der Waals surface area contributed by atoms with Gasteiger partial charge in [-0.3, -0.25) is 0 Å². The molecule has 0 atom stereocenters. The second-order valence-electron chi connectivity index (χ2n) is 4.74. The SMILES string of the molecule is c1ccc(COc2cccc(NCc3ccco3)c2)cc1. The highest BCUT2D eigenvalue weighted by Crippen LogP contribution is 2.19. The number of hydrogen-bond donors (Lipinski definition) is 1. The van der Waals surface area contributed by atoms with Crippen LogP contribution in [-0.4, -0.2) is 0 Å². The van der Waals surface area contributed by atoms with Crippen molar-refractivity contribution < 1.29 is 9.15 Å². The fourth-order valence-corrected chi connectivity index (χ4v) is 2.04. The van der Waals surface area contributed by atoms with E-state index in [-0.39, 0.29) is 0 Å². The van der Waals surface area contributed by atoms with E-state index >= 15 is 0 Å². The van der Waals surface area contributed by atoms with Crippen LogP contribution in [0.15, 0.2) is 77.4 Å². The van der Waals surface area contributed by atoms with Crippen LogP contribution in [0.25, 0.3) is 0 Å². The molecule has 1 heterocycles. The van der Waals surface area contributed by atoms with Crippen LogP contribution in [0.5, 0.6) is 5.75 Å². The van der Waals surface area contributed by atoms with Crippen LogP contribution < -0.4 is 10.1 Å². The molecule has 1 N–H and O–H groups in total. The summed E-state index contributed by atoms with van der Waals surface area (Å²) in [5.41, 5.74) is 2.17. The predicted molar refractivity (Wildman–Crippen MR) is 83.3 cm³/mol. The number of ether oxygens (including phenoxy) is 1. The fraction of sp³-hybridized carbons (Fsp3) is 0.111. The monoisotopic (exact) mass is 279 g/mol. The van der Waals surface area contributed by atoms with Crippen molar-refractivity contribution >= 4 is 5.69 Å². The Labute approximate surface area is 124 Å². The first-order valence-electron chi connectivity index (χ1n) is 6.93. The van der Waals surface area contributed by atoms with Crippen LogP contribution in [0.3, 0.4) is 0 Å². The van der Waals surface area contributed by atoms with Crippen LogP contribution >= 0.6 is 0 Å². The lowest BCUT2D eigenvalue weighted by molar-refractivity contribution is 0.306. The predicted octanol–water partition coefficient (Wildman–Crippen LogP) is 4.47. The van der Waals surface area contributed by atoms with Crippen molar-refractivity contribution in [2.75, 3.05) is 5.32 Å². The van der Waals surface area contributed by atoms with Gasteiger partial charge in [0.1, 0.15) is 18.1 Å². The Morgan fingerprint density at radius 1 is 0.905 bits per heavy atom. The maximum atomic E-state index is 5.81. The van der Waals surface area contributed by atoms with Gasteiger partial charge >= 0.3 is 0 Å². The van der Waals surface area contributed by atoms with Crippen molar-refractivity contribution in [1.82, 2.24) is 0 Å². The van der Waals surface area contributed by atoms with Crippen LogP contribution in [0, 0.1) is 0 Å². The summed E-state index contributed by atoms with van der Waals surface area (Å²) in [7, 11) is 0. The molecule has 0 radical (unpaired) electrons. The highest BCUT2D eigenvalue weighted by molar-refractivity contribution is 5.48. The second kappa shape index (κ2) is 6.66. The first-order chi connectivity index (χ1) is 10.4. The molecule has 0 amide bonds. The largest absolute Gasteiger partial charge is 0.489 e. The van der Waals surface area contributed by atoms with Crippen molar-refractivity contribution in [2.24, 2.45) is 0 Å². The van der Waals surface area contributed by atoms with Crippen molar-refractivity contribution in [3.05, 3.63) is 84.3 Å². The second-order valence-corrected chi connectivity index (χ2v) is 4.74. The average molecular weight is 279 g/mol. The van der Waals surface area contributed by atoms with E-state index in [9.17, 15) is 0 Å². The van der Waals surface area contributed by atoms with Gasteiger partial charge in [0.2, 0.25) is 0 Å². The molecule has 0 aliphatic rings. The van der Waals surface area contributed by atoms with E-state index in [1.807, 2.05) is 54.6 Å². The third-order valence-corrected chi connectivity index (χ3v) is 3.13. The highest BCUT2D eigenvalue weighted by atomic mass is 16.5. The Bertz CT molecular complexity index is 663. The number of benzene rings is 2. The van der Waals surface area contributed by atoms with E-state index in [0.29, 0.717) is 13.2 Å². The van der Waals surface area contributed by atoms with E-state index in [1.54, 1.807) is 6.26 Å². The maximum Gasteiger partial charge on any atom is 0.122 e. The Balaban J connectivity index is 1.58. The average Bonchev–Trinajstić information content (AvgIpc) is 3.06. The molecular formula is C18H17NO2. The van der Waals surface area contributed by atoms with E-state index in [0.717, 1.165) is 22.8 Å². The lowest BCUT2D eigenvalue weighted by Crippen LogP contribution is -1.99. The number of furan rings is 1. The zero-order valence-corrected chi connectivity index (χ0v) is 11.7. The Hall–Kier alpha value is -2.68. The van der Waals surface area contributed by atoms with Gasteiger partial charge in [-0.2, -0.15) is 0 Å². The van der Waals surface area contributed by atoms with Gasteiger partial charge in [0.15, 0.2) is 0 Å². The first-order valence-corrected chi connectivity index (χ1v) is 6.93. The van der Waals surface area contributed by atoms with Crippen LogP contribution in [-0.2, 0) is 13.2 Å².